The van der Waals surface area contributed by atoms with Gasteiger partial charge < -0.3 is 0 Å². The molecule has 1 nitrogen and oxygen atoms in total. The normalized spacial score (nSPS) is 46.8. The average molecular weight is 217 g/mol. The summed E-state index contributed by atoms with van der Waals surface area (Å²) >= 11 is 3.62. The number of carbonyl (C=O) groups excluding carboxylic acids is 1. The van der Waals surface area contributed by atoms with E-state index in [1.165, 1.54) is 6.42 Å². The van der Waals surface area contributed by atoms with Crippen molar-refractivity contribution in [3.05, 3.63) is 0 Å². The number of Topliss-reactive ketones (excluding diaryl/α,β-unsaturated/α-hetero) is 1. The van der Waals surface area contributed by atoms with Gasteiger partial charge >= 0.3 is 0 Å². The molecule has 0 amide bonds. The Morgan fingerprint density at radius 2 is 2.18 bits per heavy atom. The third-order valence-corrected chi connectivity index (χ3v) is 5.61. The summed E-state index contributed by atoms with van der Waals surface area (Å²) in [5.41, 5.74) is 0.198. The van der Waals surface area contributed by atoms with Crippen molar-refractivity contribution in [2.75, 3.05) is 0 Å². The van der Waals surface area contributed by atoms with E-state index in [1.807, 2.05) is 0 Å². The fraction of sp³-hybridized carbons (Fsp3) is 0.889. The summed E-state index contributed by atoms with van der Waals surface area (Å²) in [5.74, 6) is 1.06. The molecule has 0 aromatic heterocycles. The standard InChI is InChI=1S/C9H13BrO/c1-8(2)6-3-4-9(8,10)7(11)5-6/h6H,3-5H2,1-2H3. The molecule has 0 heterocycles. The van der Waals surface area contributed by atoms with E-state index < -0.39 is 0 Å². The molecule has 11 heavy (non-hydrogen) atoms. The minimum absolute atomic E-state index is 0.162. The van der Waals surface area contributed by atoms with Gasteiger partial charge in [0.25, 0.3) is 0 Å². The first-order valence-corrected chi connectivity index (χ1v) is 5.00. The number of rotatable bonds is 0. The summed E-state index contributed by atoms with van der Waals surface area (Å²) in [5, 5.41) is 0. The predicted molar refractivity (Wildman–Crippen MR) is 47.8 cm³/mol. The molecule has 2 saturated carbocycles. The Morgan fingerprint density at radius 3 is 2.36 bits per heavy atom. The van der Waals surface area contributed by atoms with Gasteiger partial charge in [0.05, 0.1) is 4.32 Å². The molecular weight excluding hydrogens is 204 g/mol. The molecular formula is C9H13BrO. The highest BCUT2D eigenvalue weighted by Gasteiger charge is 2.62. The predicted octanol–water partition coefficient (Wildman–Crippen LogP) is 2.53. The van der Waals surface area contributed by atoms with Gasteiger partial charge in [0.2, 0.25) is 0 Å². The monoisotopic (exact) mass is 216 g/mol. The SMILES string of the molecule is CC1(C)C2CCC1(Br)C(=O)C2. The minimum atomic E-state index is -0.162. The Balaban J connectivity index is 2.47. The van der Waals surface area contributed by atoms with Crippen LogP contribution in [0.25, 0.3) is 0 Å². The Hall–Kier alpha value is 0.150. The molecule has 0 aromatic carbocycles. The molecule has 62 valence electrons. The molecule has 0 aromatic rings. The molecule has 0 saturated heterocycles. The second-order valence-electron chi connectivity index (χ2n) is 4.39. The van der Waals surface area contributed by atoms with Gasteiger partial charge in [-0.15, -0.1) is 0 Å². The molecule has 0 aliphatic heterocycles. The van der Waals surface area contributed by atoms with Crippen molar-refractivity contribution in [2.45, 2.75) is 37.4 Å². The molecule has 0 spiro atoms. The van der Waals surface area contributed by atoms with Crippen molar-refractivity contribution in [3.63, 3.8) is 0 Å². The highest BCUT2D eigenvalue weighted by Crippen LogP contribution is 2.62. The Kier molecular flexibility index (Phi) is 1.34. The number of halogens is 1. The summed E-state index contributed by atoms with van der Waals surface area (Å²) in [6, 6.07) is 0. The zero-order chi connectivity index (χ0) is 8.28. The smallest absolute Gasteiger partial charge is 0.150 e. The Labute approximate surface area is 75.7 Å². The van der Waals surface area contributed by atoms with Crippen molar-refractivity contribution < 1.29 is 4.79 Å². The van der Waals surface area contributed by atoms with E-state index in [4.69, 9.17) is 0 Å². The van der Waals surface area contributed by atoms with Gasteiger partial charge in [0.15, 0.2) is 0 Å². The summed E-state index contributed by atoms with van der Waals surface area (Å²) in [6.45, 7) is 4.43. The maximum Gasteiger partial charge on any atom is 0.150 e. The molecule has 2 fully saturated rings. The fourth-order valence-corrected chi connectivity index (χ4v) is 3.34. The van der Waals surface area contributed by atoms with Gasteiger partial charge in [0, 0.05) is 6.42 Å². The van der Waals surface area contributed by atoms with Crippen molar-refractivity contribution in [2.24, 2.45) is 11.3 Å². The van der Waals surface area contributed by atoms with Crippen LogP contribution in [0.15, 0.2) is 0 Å². The average Bonchev–Trinajstić information content (AvgIpc) is 2.20. The third kappa shape index (κ3) is 0.695. The number of hydrogen-bond donors (Lipinski definition) is 0. The second kappa shape index (κ2) is 1.90. The maximum atomic E-state index is 11.5. The number of fused-ring (bicyclic) bond motifs is 2. The largest absolute Gasteiger partial charge is 0.298 e. The molecule has 2 aliphatic carbocycles. The van der Waals surface area contributed by atoms with Gasteiger partial charge in [-0.05, 0) is 24.2 Å². The summed E-state index contributed by atoms with van der Waals surface area (Å²) < 4.78 is -0.162. The van der Waals surface area contributed by atoms with Gasteiger partial charge in [0.1, 0.15) is 5.78 Å². The van der Waals surface area contributed by atoms with Gasteiger partial charge in [-0.2, -0.15) is 0 Å². The topological polar surface area (TPSA) is 17.1 Å². The first-order chi connectivity index (χ1) is 4.98. The first-order valence-electron chi connectivity index (χ1n) is 4.21. The highest BCUT2D eigenvalue weighted by molar-refractivity contribution is 9.10. The van der Waals surface area contributed by atoms with Crippen molar-refractivity contribution in [1.82, 2.24) is 0 Å². The number of alkyl halides is 1. The van der Waals surface area contributed by atoms with Crippen molar-refractivity contribution in [1.29, 1.82) is 0 Å². The van der Waals surface area contributed by atoms with Crippen molar-refractivity contribution >= 4 is 21.7 Å². The van der Waals surface area contributed by atoms with Crippen LogP contribution in [-0.4, -0.2) is 10.1 Å². The van der Waals surface area contributed by atoms with Gasteiger partial charge in [-0.1, -0.05) is 29.8 Å². The first kappa shape index (κ1) is 7.78. The lowest BCUT2D eigenvalue weighted by Gasteiger charge is -2.30. The number of carbonyl (C=O) groups is 1. The quantitative estimate of drug-likeness (QED) is 0.570. The van der Waals surface area contributed by atoms with E-state index in [1.54, 1.807) is 0 Å². The molecule has 2 rings (SSSR count). The maximum absolute atomic E-state index is 11.5. The van der Waals surface area contributed by atoms with Gasteiger partial charge in [-0.3, -0.25) is 4.79 Å². The van der Waals surface area contributed by atoms with Crippen LogP contribution >= 0.6 is 15.9 Å². The Morgan fingerprint density at radius 1 is 1.55 bits per heavy atom. The van der Waals surface area contributed by atoms with Crippen LogP contribution in [0.5, 0.6) is 0 Å². The van der Waals surface area contributed by atoms with Crippen LogP contribution in [0.4, 0.5) is 0 Å². The van der Waals surface area contributed by atoms with Gasteiger partial charge in [-0.25, -0.2) is 0 Å². The van der Waals surface area contributed by atoms with Crippen molar-refractivity contribution in [3.8, 4) is 0 Å². The molecule has 2 bridgehead atoms. The molecule has 0 N–H and O–H groups in total. The minimum Gasteiger partial charge on any atom is -0.298 e. The molecule has 2 heteroatoms. The molecule has 2 atom stereocenters. The van der Waals surface area contributed by atoms with E-state index >= 15 is 0 Å². The summed E-state index contributed by atoms with van der Waals surface area (Å²) in [4.78, 5) is 11.5. The van der Waals surface area contributed by atoms with Crippen LogP contribution in [0.3, 0.4) is 0 Å². The lowest BCUT2D eigenvalue weighted by Crippen LogP contribution is -2.36. The highest BCUT2D eigenvalue weighted by atomic mass is 79.9. The molecule has 0 radical (unpaired) electrons. The number of ketones is 1. The zero-order valence-electron chi connectivity index (χ0n) is 6.98. The van der Waals surface area contributed by atoms with Crippen LogP contribution in [0.2, 0.25) is 0 Å². The lowest BCUT2D eigenvalue weighted by molar-refractivity contribution is -0.120. The molecule has 2 unspecified atom stereocenters. The fourth-order valence-electron chi connectivity index (χ4n) is 2.62. The summed E-state index contributed by atoms with van der Waals surface area (Å²) in [6.07, 6.45) is 3.08. The molecule has 2 aliphatic rings. The lowest BCUT2D eigenvalue weighted by atomic mass is 9.82. The van der Waals surface area contributed by atoms with E-state index in [2.05, 4.69) is 29.8 Å². The van der Waals surface area contributed by atoms with Crippen LogP contribution in [0.1, 0.15) is 33.1 Å². The van der Waals surface area contributed by atoms with E-state index in [0.29, 0.717) is 11.7 Å². The second-order valence-corrected chi connectivity index (χ2v) is 5.74. The summed E-state index contributed by atoms with van der Waals surface area (Å²) in [7, 11) is 0. The Bertz CT molecular complexity index is 222. The third-order valence-electron chi connectivity index (χ3n) is 3.75. The van der Waals surface area contributed by atoms with E-state index in [-0.39, 0.29) is 9.74 Å². The van der Waals surface area contributed by atoms with E-state index in [9.17, 15) is 4.79 Å². The zero-order valence-corrected chi connectivity index (χ0v) is 8.57. The van der Waals surface area contributed by atoms with E-state index in [0.717, 1.165) is 12.8 Å². The van der Waals surface area contributed by atoms with Crippen LogP contribution in [-0.2, 0) is 4.79 Å². The van der Waals surface area contributed by atoms with Crippen LogP contribution in [0, 0.1) is 11.3 Å². The number of hydrogen-bond acceptors (Lipinski definition) is 1. The van der Waals surface area contributed by atoms with Crippen LogP contribution < -0.4 is 0 Å².